The van der Waals surface area contributed by atoms with Crippen molar-refractivity contribution in [3.63, 3.8) is 0 Å². The molecule has 0 aromatic heterocycles. The van der Waals surface area contributed by atoms with Gasteiger partial charge in [0.15, 0.2) is 9.84 Å². The molecule has 0 aromatic rings. The summed E-state index contributed by atoms with van der Waals surface area (Å²) in [7, 11) is -2.74. The minimum atomic E-state index is -2.74. The number of nitrogens with one attached hydrogen (secondary N) is 1. The van der Waals surface area contributed by atoms with Crippen LogP contribution in [0.5, 0.6) is 0 Å². The molecule has 2 rings (SSSR count). The summed E-state index contributed by atoms with van der Waals surface area (Å²) in [6.45, 7) is 1.00. The summed E-state index contributed by atoms with van der Waals surface area (Å²) in [5, 5.41) is 3.42. The highest BCUT2D eigenvalue weighted by atomic mass is 32.2. The summed E-state index contributed by atoms with van der Waals surface area (Å²) in [6, 6.07) is 0.222. The average molecular weight is 245 g/mol. The number of hydrogen-bond acceptors (Lipinski definition) is 3. The third-order valence-corrected chi connectivity index (χ3v) is 5.74. The summed E-state index contributed by atoms with van der Waals surface area (Å²) >= 11 is 0. The van der Waals surface area contributed by atoms with E-state index in [9.17, 15) is 8.42 Å². The lowest BCUT2D eigenvalue weighted by Gasteiger charge is -2.23. The maximum atomic E-state index is 11.4. The van der Waals surface area contributed by atoms with E-state index in [2.05, 4.69) is 5.32 Å². The topological polar surface area (TPSA) is 46.2 Å². The van der Waals surface area contributed by atoms with E-state index < -0.39 is 9.84 Å². The van der Waals surface area contributed by atoms with E-state index in [0.29, 0.717) is 11.5 Å². The average Bonchev–Trinajstić information content (AvgIpc) is 2.69. The van der Waals surface area contributed by atoms with Gasteiger partial charge in [0.2, 0.25) is 0 Å². The Bertz CT molecular complexity index is 307. The maximum absolute atomic E-state index is 11.4. The fourth-order valence-corrected chi connectivity index (χ4v) is 4.65. The Kier molecular flexibility index (Phi) is 4.25. The predicted octanol–water partition coefficient (Wildman–Crippen LogP) is 1.73. The van der Waals surface area contributed by atoms with E-state index in [1.807, 2.05) is 0 Å². The first kappa shape index (κ1) is 12.4. The predicted molar refractivity (Wildman–Crippen MR) is 66.3 cm³/mol. The Labute approximate surface area is 98.9 Å². The molecule has 2 aliphatic rings. The second kappa shape index (κ2) is 5.50. The van der Waals surface area contributed by atoms with Crippen molar-refractivity contribution in [2.75, 3.05) is 18.1 Å². The Morgan fingerprint density at radius 2 is 1.81 bits per heavy atom. The lowest BCUT2D eigenvalue weighted by molar-refractivity contribution is 0.429. The molecule has 2 fully saturated rings. The smallest absolute Gasteiger partial charge is 0.151 e. The highest BCUT2D eigenvalue weighted by Crippen LogP contribution is 2.27. The Hall–Kier alpha value is -0.0900. The van der Waals surface area contributed by atoms with E-state index >= 15 is 0 Å². The van der Waals surface area contributed by atoms with Crippen LogP contribution in [0.15, 0.2) is 0 Å². The Morgan fingerprint density at radius 3 is 2.50 bits per heavy atom. The van der Waals surface area contributed by atoms with Gasteiger partial charge in [0, 0.05) is 6.04 Å². The standard InChI is InChI=1S/C12H23NO2S/c14-16(15)9-3-6-12(10-16)13-8-7-11-4-1-2-5-11/h11-13H,1-10H2. The molecule has 4 heteroatoms. The number of rotatable bonds is 4. The molecule has 1 heterocycles. The molecule has 0 spiro atoms. The second-order valence-corrected chi connectivity index (χ2v) is 7.58. The zero-order valence-corrected chi connectivity index (χ0v) is 10.8. The SMILES string of the molecule is O=S1(=O)CCCC(NCCC2CCCC2)C1. The minimum Gasteiger partial charge on any atom is -0.313 e. The lowest BCUT2D eigenvalue weighted by Crippen LogP contribution is -2.40. The van der Waals surface area contributed by atoms with Gasteiger partial charge in [-0.1, -0.05) is 25.7 Å². The van der Waals surface area contributed by atoms with Gasteiger partial charge in [-0.3, -0.25) is 0 Å². The fourth-order valence-electron chi connectivity index (χ4n) is 2.97. The van der Waals surface area contributed by atoms with E-state index in [4.69, 9.17) is 0 Å². The Balaban J connectivity index is 1.65. The molecule has 1 atom stereocenters. The van der Waals surface area contributed by atoms with Crippen molar-refractivity contribution >= 4 is 9.84 Å². The highest BCUT2D eigenvalue weighted by molar-refractivity contribution is 7.91. The van der Waals surface area contributed by atoms with Gasteiger partial charge in [-0.25, -0.2) is 8.42 Å². The quantitative estimate of drug-likeness (QED) is 0.820. The van der Waals surface area contributed by atoms with Gasteiger partial charge in [-0.15, -0.1) is 0 Å². The van der Waals surface area contributed by atoms with Crippen molar-refractivity contribution in [2.24, 2.45) is 5.92 Å². The molecule has 1 saturated carbocycles. The van der Waals surface area contributed by atoms with E-state index in [1.54, 1.807) is 0 Å². The monoisotopic (exact) mass is 245 g/mol. The molecule has 1 aliphatic carbocycles. The second-order valence-electron chi connectivity index (χ2n) is 5.35. The van der Waals surface area contributed by atoms with Gasteiger partial charge in [0.05, 0.1) is 11.5 Å². The minimum absolute atomic E-state index is 0.222. The van der Waals surface area contributed by atoms with Gasteiger partial charge in [-0.05, 0) is 31.7 Å². The van der Waals surface area contributed by atoms with Crippen LogP contribution in [0.2, 0.25) is 0 Å². The molecule has 94 valence electrons. The van der Waals surface area contributed by atoms with Crippen molar-refractivity contribution in [1.29, 1.82) is 0 Å². The van der Waals surface area contributed by atoms with Crippen molar-refractivity contribution in [1.82, 2.24) is 5.32 Å². The first-order valence-electron chi connectivity index (χ1n) is 6.59. The molecule has 0 bridgehead atoms. The molecule has 0 radical (unpaired) electrons. The Morgan fingerprint density at radius 1 is 1.06 bits per heavy atom. The van der Waals surface area contributed by atoms with Crippen LogP contribution >= 0.6 is 0 Å². The van der Waals surface area contributed by atoms with Crippen molar-refractivity contribution in [2.45, 2.75) is 51.0 Å². The summed E-state index contributed by atoms with van der Waals surface area (Å²) in [5.41, 5.74) is 0. The van der Waals surface area contributed by atoms with Gasteiger partial charge in [0.1, 0.15) is 0 Å². The molecule has 0 aromatic carbocycles. The van der Waals surface area contributed by atoms with Crippen molar-refractivity contribution < 1.29 is 8.42 Å². The molecule has 1 saturated heterocycles. The molecule has 3 nitrogen and oxygen atoms in total. The number of sulfone groups is 1. The highest BCUT2D eigenvalue weighted by Gasteiger charge is 2.24. The molecule has 1 N–H and O–H groups in total. The van der Waals surface area contributed by atoms with Crippen LogP contribution in [0.3, 0.4) is 0 Å². The summed E-state index contributed by atoms with van der Waals surface area (Å²) < 4.78 is 22.9. The lowest BCUT2D eigenvalue weighted by atomic mass is 10.0. The van der Waals surface area contributed by atoms with E-state index in [1.165, 1.54) is 32.1 Å². The van der Waals surface area contributed by atoms with Gasteiger partial charge in [0.25, 0.3) is 0 Å². The summed E-state index contributed by atoms with van der Waals surface area (Å²) in [5.74, 6) is 1.65. The molecule has 16 heavy (non-hydrogen) atoms. The van der Waals surface area contributed by atoms with Crippen LogP contribution in [0.25, 0.3) is 0 Å². The zero-order valence-electron chi connectivity index (χ0n) is 9.95. The molecule has 1 aliphatic heterocycles. The largest absolute Gasteiger partial charge is 0.313 e. The van der Waals surface area contributed by atoms with Crippen LogP contribution in [0.4, 0.5) is 0 Å². The number of hydrogen-bond donors (Lipinski definition) is 1. The van der Waals surface area contributed by atoms with Gasteiger partial charge >= 0.3 is 0 Å². The first-order valence-corrected chi connectivity index (χ1v) is 8.42. The van der Waals surface area contributed by atoms with E-state index in [0.717, 1.165) is 25.3 Å². The third kappa shape index (κ3) is 3.74. The zero-order chi connectivity index (χ0) is 11.4. The third-order valence-electron chi connectivity index (χ3n) is 3.92. The first-order chi connectivity index (χ1) is 7.66. The molecular formula is C12H23NO2S. The molecule has 1 unspecified atom stereocenters. The fraction of sp³-hybridized carbons (Fsp3) is 1.00. The summed E-state index contributed by atoms with van der Waals surface area (Å²) in [4.78, 5) is 0. The van der Waals surface area contributed by atoms with Crippen molar-refractivity contribution in [3.05, 3.63) is 0 Å². The van der Waals surface area contributed by atoms with Crippen LogP contribution < -0.4 is 5.32 Å². The van der Waals surface area contributed by atoms with Crippen LogP contribution in [-0.4, -0.2) is 32.5 Å². The normalized spacial score (nSPS) is 30.6. The van der Waals surface area contributed by atoms with Gasteiger partial charge in [-0.2, -0.15) is 0 Å². The summed E-state index contributed by atoms with van der Waals surface area (Å²) in [6.07, 6.45) is 8.64. The van der Waals surface area contributed by atoms with Crippen LogP contribution in [0, 0.1) is 5.92 Å². The van der Waals surface area contributed by atoms with Crippen LogP contribution in [0.1, 0.15) is 44.9 Å². The molecular weight excluding hydrogens is 222 g/mol. The van der Waals surface area contributed by atoms with Crippen molar-refractivity contribution in [3.8, 4) is 0 Å². The van der Waals surface area contributed by atoms with Crippen LogP contribution in [-0.2, 0) is 9.84 Å². The maximum Gasteiger partial charge on any atom is 0.151 e. The van der Waals surface area contributed by atoms with Gasteiger partial charge < -0.3 is 5.32 Å². The van der Waals surface area contributed by atoms with E-state index in [-0.39, 0.29) is 6.04 Å². The molecule has 0 amide bonds.